The van der Waals surface area contributed by atoms with Crippen LogP contribution in [-0.2, 0) is 0 Å². The van der Waals surface area contributed by atoms with Gasteiger partial charge in [0, 0.05) is 49.6 Å². The fraction of sp³-hybridized carbons (Fsp3) is 0. The van der Waals surface area contributed by atoms with Gasteiger partial charge >= 0.3 is 0 Å². The maximum atomic E-state index is 5.16. The van der Waals surface area contributed by atoms with Crippen molar-refractivity contribution >= 4 is 43.6 Å². The molecule has 5 nitrogen and oxygen atoms in total. The van der Waals surface area contributed by atoms with Crippen molar-refractivity contribution in [2.45, 2.75) is 0 Å². The Bertz CT molecular complexity index is 2810. The number of rotatable bonds is 5. The average molecular weight is 640 g/mol. The third-order valence-corrected chi connectivity index (χ3v) is 9.56. The highest BCUT2D eigenvalue weighted by molar-refractivity contribution is 6.11. The number of hydrogen-bond donors (Lipinski definition) is 0. The van der Waals surface area contributed by atoms with E-state index in [1.807, 2.05) is 30.3 Å². The van der Waals surface area contributed by atoms with E-state index in [0.29, 0.717) is 17.5 Å². The Balaban J connectivity index is 1.17. The maximum absolute atomic E-state index is 5.16. The summed E-state index contributed by atoms with van der Waals surface area (Å²) in [4.78, 5) is 15.3. The van der Waals surface area contributed by atoms with Crippen LogP contribution in [0.2, 0.25) is 0 Å². The Hall–Kier alpha value is -6.85. The lowest BCUT2D eigenvalue weighted by molar-refractivity contribution is 1.07. The highest BCUT2D eigenvalue weighted by Crippen LogP contribution is 2.36. The minimum atomic E-state index is 0.628. The first kappa shape index (κ1) is 28.2. The van der Waals surface area contributed by atoms with E-state index in [1.54, 1.807) is 0 Å². The van der Waals surface area contributed by atoms with Gasteiger partial charge in [0.25, 0.3) is 0 Å². The van der Waals surface area contributed by atoms with Crippen LogP contribution < -0.4 is 0 Å². The highest BCUT2D eigenvalue weighted by Gasteiger charge is 2.18. The van der Waals surface area contributed by atoms with Crippen LogP contribution in [-0.4, -0.2) is 24.1 Å². The van der Waals surface area contributed by atoms with Crippen molar-refractivity contribution in [3.05, 3.63) is 176 Å². The minimum Gasteiger partial charge on any atom is -0.309 e. The summed E-state index contributed by atoms with van der Waals surface area (Å²) in [5, 5.41) is 4.79. The Labute approximate surface area is 288 Å². The molecule has 0 aliphatic rings. The summed E-state index contributed by atoms with van der Waals surface area (Å²) in [7, 11) is 0. The van der Waals surface area contributed by atoms with Crippen LogP contribution >= 0.6 is 0 Å². The molecule has 0 fully saturated rings. The van der Waals surface area contributed by atoms with Gasteiger partial charge in [-0.1, -0.05) is 115 Å². The van der Waals surface area contributed by atoms with Crippen LogP contribution in [0.5, 0.6) is 0 Å². The molecule has 3 heterocycles. The fourth-order valence-electron chi connectivity index (χ4n) is 7.30. The molecule has 0 atom stereocenters. The lowest BCUT2D eigenvalue weighted by Crippen LogP contribution is -2.01. The van der Waals surface area contributed by atoms with Crippen LogP contribution in [0.1, 0.15) is 0 Å². The van der Waals surface area contributed by atoms with Crippen molar-refractivity contribution in [3.63, 3.8) is 0 Å². The predicted octanol–water partition coefficient (Wildman–Crippen LogP) is 11.1. The summed E-state index contributed by atoms with van der Waals surface area (Å²) in [5.41, 5.74) is 9.61. The third-order valence-electron chi connectivity index (χ3n) is 9.56. The second-order valence-corrected chi connectivity index (χ2v) is 12.5. The zero-order chi connectivity index (χ0) is 33.0. The molecule has 234 valence electrons. The normalized spacial score (nSPS) is 11.6. The molecule has 0 saturated carbocycles. The molecule has 10 rings (SSSR count). The molecule has 5 heteroatoms. The number of nitrogens with zero attached hydrogens (tertiary/aromatic N) is 5. The van der Waals surface area contributed by atoms with Gasteiger partial charge in [-0.25, -0.2) is 15.0 Å². The maximum Gasteiger partial charge on any atom is 0.164 e. The summed E-state index contributed by atoms with van der Waals surface area (Å²) in [6, 6.07) is 61.4. The van der Waals surface area contributed by atoms with Crippen molar-refractivity contribution in [2.24, 2.45) is 0 Å². The van der Waals surface area contributed by atoms with Gasteiger partial charge in [0.2, 0.25) is 0 Å². The molecule has 0 aliphatic carbocycles. The molecule has 0 N–H and O–H groups in total. The standard InChI is InChI=1S/C45H29N5/c1-3-14-30(15-4-1)43-46-44(31-16-13-19-34(28-31)50-39-23-10-7-20-35(39)36-21-8-11-24-40(36)50)48-45(47-43)32-26-27-42-38(29-32)37-22-9-12-25-41(37)49(42)33-17-5-2-6-18-33/h1-29H. The Morgan fingerprint density at radius 1 is 0.280 bits per heavy atom. The van der Waals surface area contributed by atoms with E-state index >= 15 is 0 Å². The molecule has 0 radical (unpaired) electrons. The minimum absolute atomic E-state index is 0.628. The second-order valence-electron chi connectivity index (χ2n) is 12.5. The van der Waals surface area contributed by atoms with Crippen LogP contribution in [0.3, 0.4) is 0 Å². The van der Waals surface area contributed by atoms with Gasteiger partial charge in [-0.3, -0.25) is 0 Å². The smallest absolute Gasteiger partial charge is 0.164 e. The SMILES string of the molecule is c1ccc(-c2nc(-c3cccc(-n4c5ccccc5c5ccccc54)c3)nc(-c3ccc4c(c3)c3ccccc3n4-c3ccccc3)n2)cc1. The van der Waals surface area contributed by atoms with E-state index in [4.69, 9.17) is 15.0 Å². The lowest BCUT2D eigenvalue weighted by atomic mass is 10.1. The van der Waals surface area contributed by atoms with E-state index in [1.165, 1.54) is 16.2 Å². The molecule has 3 aromatic heterocycles. The number of hydrogen-bond acceptors (Lipinski definition) is 3. The molecule has 50 heavy (non-hydrogen) atoms. The molecule has 0 saturated heterocycles. The number of benzene rings is 7. The van der Waals surface area contributed by atoms with Crippen LogP contribution in [0.25, 0.3) is 89.2 Å². The number of para-hydroxylation sites is 4. The third kappa shape index (κ3) is 4.52. The summed E-state index contributed by atoms with van der Waals surface area (Å²) in [6.07, 6.45) is 0. The largest absolute Gasteiger partial charge is 0.309 e. The van der Waals surface area contributed by atoms with Gasteiger partial charge < -0.3 is 9.13 Å². The van der Waals surface area contributed by atoms with Crippen molar-refractivity contribution < 1.29 is 0 Å². The van der Waals surface area contributed by atoms with E-state index in [2.05, 4.69) is 155 Å². The molecule has 10 aromatic rings. The lowest BCUT2D eigenvalue weighted by Gasteiger charge is -2.12. The molecule has 0 spiro atoms. The molecule has 0 aliphatic heterocycles. The monoisotopic (exact) mass is 639 g/mol. The molecule has 7 aromatic carbocycles. The summed E-state index contributed by atoms with van der Waals surface area (Å²) >= 11 is 0. The van der Waals surface area contributed by atoms with Crippen LogP contribution in [0.4, 0.5) is 0 Å². The first-order valence-electron chi connectivity index (χ1n) is 16.8. The summed E-state index contributed by atoms with van der Waals surface area (Å²) in [5.74, 6) is 1.90. The van der Waals surface area contributed by atoms with E-state index in [0.717, 1.165) is 55.5 Å². The van der Waals surface area contributed by atoms with Crippen LogP contribution in [0, 0.1) is 0 Å². The predicted molar refractivity (Wildman–Crippen MR) is 205 cm³/mol. The highest BCUT2D eigenvalue weighted by atomic mass is 15.0. The Morgan fingerprint density at radius 2 is 0.700 bits per heavy atom. The second kappa shape index (κ2) is 11.4. The molecule has 0 bridgehead atoms. The van der Waals surface area contributed by atoms with Gasteiger partial charge in [-0.2, -0.15) is 0 Å². The topological polar surface area (TPSA) is 48.5 Å². The van der Waals surface area contributed by atoms with Crippen LogP contribution in [0.15, 0.2) is 176 Å². The summed E-state index contributed by atoms with van der Waals surface area (Å²) < 4.78 is 4.65. The van der Waals surface area contributed by atoms with Gasteiger partial charge in [-0.15, -0.1) is 0 Å². The van der Waals surface area contributed by atoms with Gasteiger partial charge in [0.1, 0.15) is 0 Å². The zero-order valence-corrected chi connectivity index (χ0v) is 27.0. The molecule has 0 amide bonds. The fourth-order valence-corrected chi connectivity index (χ4v) is 7.30. The number of fused-ring (bicyclic) bond motifs is 6. The Morgan fingerprint density at radius 3 is 1.32 bits per heavy atom. The van der Waals surface area contributed by atoms with E-state index in [9.17, 15) is 0 Å². The van der Waals surface area contributed by atoms with Gasteiger partial charge in [0.05, 0.1) is 22.1 Å². The molecular formula is C45H29N5. The van der Waals surface area contributed by atoms with Crippen molar-refractivity contribution in [1.29, 1.82) is 0 Å². The van der Waals surface area contributed by atoms with Crippen molar-refractivity contribution in [1.82, 2.24) is 24.1 Å². The molecule has 0 unspecified atom stereocenters. The van der Waals surface area contributed by atoms with E-state index in [-0.39, 0.29) is 0 Å². The summed E-state index contributed by atoms with van der Waals surface area (Å²) in [6.45, 7) is 0. The zero-order valence-electron chi connectivity index (χ0n) is 27.0. The Kier molecular flexibility index (Phi) is 6.42. The average Bonchev–Trinajstić information content (AvgIpc) is 3.71. The van der Waals surface area contributed by atoms with Gasteiger partial charge in [-0.05, 0) is 60.7 Å². The number of aromatic nitrogens is 5. The quantitative estimate of drug-likeness (QED) is 0.188. The van der Waals surface area contributed by atoms with Crippen molar-refractivity contribution in [3.8, 4) is 45.5 Å². The molecular weight excluding hydrogens is 611 g/mol. The first-order valence-corrected chi connectivity index (χ1v) is 16.8. The first-order chi connectivity index (χ1) is 24.8. The van der Waals surface area contributed by atoms with E-state index < -0.39 is 0 Å². The van der Waals surface area contributed by atoms with Gasteiger partial charge in [0.15, 0.2) is 17.5 Å². The van der Waals surface area contributed by atoms with Crippen molar-refractivity contribution in [2.75, 3.05) is 0 Å².